The maximum absolute atomic E-state index is 14.0. The first-order chi connectivity index (χ1) is 19.1. The Balaban J connectivity index is 1.45. The van der Waals surface area contributed by atoms with E-state index >= 15 is 0 Å². The highest BCUT2D eigenvalue weighted by Crippen LogP contribution is 2.55. The number of halogens is 3. The highest BCUT2D eigenvalue weighted by atomic mass is 32.2. The van der Waals surface area contributed by atoms with Crippen LogP contribution in [0, 0.1) is 12.8 Å². The van der Waals surface area contributed by atoms with E-state index in [9.17, 15) is 27.6 Å². The van der Waals surface area contributed by atoms with Gasteiger partial charge < -0.3 is 9.72 Å². The summed E-state index contributed by atoms with van der Waals surface area (Å²) in [6.45, 7) is 2.21. The van der Waals surface area contributed by atoms with Crippen LogP contribution in [0.15, 0.2) is 82.6 Å². The Labute approximate surface area is 234 Å². The number of carbonyl (C=O) groups excluding carboxylic acids is 2. The number of alkyl halides is 3. The normalized spacial score (nSPS) is 20.4. The summed E-state index contributed by atoms with van der Waals surface area (Å²) in [5, 5.41) is -0.594. The summed E-state index contributed by atoms with van der Waals surface area (Å²) >= 11 is 1.94. The first-order valence-corrected chi connectivity index (χ1v) is 14.0. The number of hydrogen-bond acceptors (Lipinski definition) is 6. The molecule has 3 atom stereocenters. The van der Waals surface area contributed by atoms with Gasteiger partial charge in [0, 0.05) is 16.4 Å². The molecule has 2 unspecified atom stereocenters. The van der Waals surface area contributed by atoms with E-state index in [2.05, 4.69) is 4.98 Å². The number of thiazole rings is 1. The lowest BCUT2D eigenvalue weighted by Gasteiger charge is -2.31. The van der Waals surface area contributed by atoms with Crippen LogP contribution in [0.3, 0.4) is 0 Å². The van der Waals surface area contributed by atoms with E-state index in [0.717, 1.165) is 46.4 Å². The number of H-pyrrole nitrogens is 1. The Bertz CT molecular complexity index is 1700. The van der Waals surface area contributed by atoms with Crippen molar-refractivity contribution < 1.29 is 27.5 Å². The Morgan fingerprint density at radius 1 is 0.925 bits per heavy atom. The number of aromatic nitrogens is 1. The first-order valence-electron chi connectivity index (χ1n) is 12.3. The smallest absolute Gasteiger partial charge is 0.418 e. The molecule has 3 aromatic carbocycles. The van der Waals surface area contributed by atoms with Crippen molar-refractivity contribution in [1.82, 2.24) is 4.98 Å². The number of amides is 2. The number of fused-ring (bicyclic) bond motifs is 2. The Morgan fingerprint density at radius 3 is 2.40 bits per heavy atom. The number of para-hydroxylation sites is 2. The molecule has 0 bridgehead atoms. The highest BCUT2D eigenvalue weighted by molar-refractivity contribution is 8.00. The predicted octanol–water partition coefficient (Wildman–Crippen LogP) is 6.14. The quantitative estimate of drug-likeness (QED) is 0.286. The van der Waals surface area contributed by atoms with Crippen LogP contribution in [-0.2, 0) is 22.4 Å². The van der Waals surface area contributed by atoms with E-state index in [-0.39, 0.29) is 11.5 Å². The molecule has 6 rings (SSSR count). The molecule has 11 heteroatoms. The van der Waals surface area contributed by atoms with E-state index in [1.807, 2.05) is 31.2 Å². The van der Waals surface area contributed by atoms with Crippen molar-refractivity contribution in [2.45, 2.75) is 35.9 Å². The summed E-state index contributed by atoms with van der Waals surface area (Å²) < 4.78 is 47.8. The van der Waals surface area contributed by atoms with Gasteiger partial charge in [-0.1, -0.05) is 77.7 Å². The van der Waals surface area contributed by atoms with Crippen molar-refractivity contribution in [1.29, 1.82) is 0 Å². The highest BCUT2D eigenvalue weighted by Gasteiger charge is 2.57. The number of imide groups is 1. The average Bonchev–Trinajstić information content (AvgIpc) is 3.42. The minimum atomic E-state index is -4.77. The topological polar surface area (TPSA) is 79.5 Å². The van der Waals surface area contributed by atoms with E-state index in [1.54, 1.807) is 24.3 Å². The third-order valence-corrected chi connectivity index (χ3v) is 9.57. The van der Waals surface area contributed by atoms with Gasteiger partial charge in [0.15, 0.2) is 0 Å². The first kappa shape index (κ1) is 26.4. The van der Waals surface area contributed by atoms with Crippen molar-refractivity contribution in [2.24, 2.45) is 5.92 Å². The molecule has 1 N–H and O–H groups in total. The van der Waals surface area contributed by atoms with Crippen molar-refractivity contribution in [3.05, 3.63) is 110 Å². The Morgan fingerprint density at radius 2 is 1.62 bits per heavy atom. The molecule has 2 amide bonds. The molecule has 1 fully saturated rings. The maximum atomic E-state index is 14.0. The van der Waals surface area contributed by atoms with E-state index in [1.165, 1.54) is 12.1 Å². The SMILES string of the molecule is Cc1ccccc1COc1ccccc1[C@H]1c2sc(=O)[nH]c2SC2C(=O)N(c3ccccc3C(F)(F)F)C(=O)C21. The molecule has 2 aliphatic rings. The van der Waals surface area contributed by atoms with Gasteiger partial charge in [0.1, 0.15) is 17.6 Å². The van der Waals surface area contributed by atoms with E-state index < -0.39 is 46.3 Å². The third kappa shape index (κ3) is 4.43. The van der Waals surface area contributed by atoms with Gasteiger partial charge in [0.2, 0.25) is 11.8 Å². The van der Waals surface area contributed by atoms with E-state index in [0.29, 0.717) is 26.1 Å². The van der Waals surface area contributed by atoms with Crippen molar-refractivity contribution in [2.75, 3.05) is 4.90 Å². The number of carbonyl (C=O) groups is 2. The molecule has 0 saturated carbocycles. The van der Waals surface area contributed by atoms with Gasteiger partial charge in [0.05, 0.1) is 22.2 Å². The van der Waals surface area contributed by atoms with E-state index in [4.69, 9.17) is 4.74 Å². The van der Waals surface area contributed by atoms with Crippen LogP contribution in [0.25, 0.3) is 0 Å². The van der Waals surface area contributed by atoms with Crippen LogP contribution < -0.4 is 14.5 Å². The van der Waals surface area contributed by atoms with Gasteiger partial charge in [0.25, 0.3) is 0 Å². The second kappa shape index (κ2) is 9.97. The second-order valence-corrected chi connectivity index (χ2v) is 11.7. The van der Waals surface area contributed by atoms with Crippen molar-refractivity contribution in [3.63, 3.8) is 0 Å². The molecule has 0 spiro atoms. The lowest BCUT2D eigenvalue weighted by atomic mass is 9.82. The molecule has 6 nitrogen and oxygen atoms in total. The largest absolute Gasteiger partial charge is 0.489 e. The summed E-state index contributed by atoms with van der Waals surface area (Å²) in [7, 11) is 0. The number of benzene rings is 3. The van der Waals surface area contributed by atoms with Crippen LogP contribution in [0.4, 0.5) is 18.9 Å². The number of anilines is 1. The monoisotopic (exact) mass is 582 g/mol. The predicted molar refractivity (Wildman–Crippen MR) is 146 cm³/mol. The lowest BCUT2D eigenvalue weighted by Crippen LogP contribution is -2.33. The summed E-state index contributed by atoms with van der Waals surface area (Å²) in [6.07, 6.45) is -4.77. The molecular weight excluding hydrogens is 561 g/mol. The molecule has 2 aliphatic heterocycles. The molecule has 204 valence electrons. The zero-order valence-electron chi connectivity index (χ0n) is 20.9. The standard InChI is InChI=1S/C29H21F3N2O4S2/c1-15-8-2-3-9-16(15)14-38-20-13-7-4-10-17(20)21-22-24(39-25-23(21)40-28(37)33-25)27(36)34(26(22)35)19-12-6-5-11-18(19)29(30,31)32/h2-13,21-22,24H,14H2,1H3,(H,33,37)/t21-,22?,24?/m1/s1. The molecule has 0 radical (unpaired) electrons. The molecular formula is C29H21F3N2O4S2. The number of aryl methyl sites for hydroxylation is 1. The van der Waals surface area contributed by atoms with Crippen LogP contribution in [0.5, 0.6) is 5.75 Å². The minimum Gasteiger partial charge on any atom is -0.489 e. The zero-order valence-corrected chi connectivity index (χ0v) is 22.5. The molecule has 1 aromatic heterocycles. The van der Waals surface area contributed by atoms with Crippen LogP contribution in [-0.4, -0.2) is 22.0 Å². The average molecular weight is 583 g/mol. The van der Waals surface area contributed by atoms with Crippen molar-refractivity contribution in [3.8, 4) is 5.75 Å². The number of aromatic amines is 1. The Hall–Kier alpha value is -3.83. The number of thioether (sulfide) groups is 1. The van der Waals surface area contributed by atoms with Crippen LogP contribution in [0.1, 0.15) is 33.0 Å². The van der Waals surface area contributed by atoms with Crippen LogP contribution >= 0.6 is 23.1 Å². The molecule has 0 aliphatic carbocycles. The fraction of sp³-hybridized carbons (Fsp3) is 0.207. The summed E-state index contributed by atoms with van der Waals surface area (Å²) in [5.41, 5.74) is 1.01. The van der Waals surface area contributed by atoms with Crippen molar-refractivity contribution >= 4 is 40.6 Å². The number of nitrogens with one attached hydrogen (secondary N) is 1. The molecule has 1 saturated heterocycles. The number of ether oxygens (including phenoxy) is 1. The summed E-state index contributed by atoms with van der Waals surface area (Å²) in [4.78, 5) is 43.6. The van der Waals surface area contributed by atoms with Gasteiger partial charge in [-0.3, -0.25) is 14.4 Å². The maximum Gasteiger partial charge on any atom is 0.418 e. The molecule has 3 heterocycles. The number of rotatable bonds is 5. The zero-order chi connectivity index (χ0) is 28.2. The van der Waals surface area contributed by atoms with Crippen LogP contribution in [0.2, 0.25) is 0 Å². The number of hydrogen-bond donors (Lipinski definition) is 1. The Kier molecular flexibility index (Phi) is 6.58. The molecule has 40 heavy (non-hydrogen) atoms. The van der Waals surface area contributed by atoms with Gasteiger partial charge in [-0.25, -0.2) is 4.90 Å². The minimum absolute atomic E-state index is 0.243. The second-order valence-electron chi connectivity index (χ2n) is 9.53. The fourth-order valence-electron chi connectivity index (χ4n) is 5.29. The molecule has 4 aromatic rings. The van der Waals surface area contributed by atoms with Gasteiger partial charge >= 0.3 is 11.0 Å². The van der Waals surface area contributed by atoms with Gasteiger partial charge in [-0.05, 0) is 36.2 Å². The lowest BCUT2D eigenvalue weighted by molar-refractivity contribution is -0.137. The van der Waals surface area contributed by atoms with Gasteiger partial charge in [-0.15, -0.1) is 0 Å². The number of nitrogens with zero attached hydrogens (tertiary/aromatic N) is 1. The van der Waals surface area contributed by atoms with Gasteiger partial charge in [-0.2, -0.15) is 13.2 Å². The third-order valence-electron chi connectivity index (χ3n) is 7.17. The summed E-state index contributed by atoms with van der Waals surface area (Å²) in [6, 6.07) is 19.3. The summed E-state index contributed by atoms with van der Waals surface area (Å²) in [5.74, 6) is -2.86. The fourth-order valence-corrected chi connectivity index (χ4v) is 7.80.